The van der Waals surface area contributed by atoms with Crippen molar-refractivity contribution in [1.29, 1.82) is 0 Å². The molecule has 0 saturated heterocycles. The molecule has 0 fully saturated rings. The highest BCUT2D eigenvalue weighted by Crippen LogP contribution is 2.30. The van der Waals surface area contributed by atoms with Crippen LogP contribution in [0.4, 0.5) is 5.69 Å². The molecular weight excluding hydrogens is 206 g/mol. The fraction of sp³-hybridized carbons (Fsp3) is 0.250. The number of para-hydroxylation sites is 1. The van der Waals surface area contributed by atoms with E-state index in [1.54, 1.807) is 0 Å². The molecule has 17 heavy (non-hydrogen) atoms. The molecule has 1 heterocycles. The van der Waals surface area contributed by atoms with E-state index < -0.39 is 0 Å². The first-order chi connectivity index (χ1) is 8.34. The van der Waals surface area contributed by atoms with Crippen molar-refractivity contribution in [1.82, 2.24) is 0 Å². The van der Waals surface area contributed by atoms with E-state index in [1.807, 2.05) is 0 Å². The molecule has 1 atom stereocenters. The molecule has 0 amide bonds. The molecule has 0 aromatic heterocycles. The molecular formula is C16H17N. The first kappa shape index (κ1) is 10.4. The van der Waals surface area contributed by atoms with Crippen molar-refractivity contribution in [2.45, 2.75) is 25.8 Å². The summed E-state index contributed by atoms with van der Waals surface area (Å²) in [6.45, 7) is 3.25. The van der Waals surface area contributed by atoms with E-state index in [0.29, 0.717) is 5.92 Å². The molecule has 0 aliphatic carbocycles. The summed E-state index contributed by atoms with van der Waals surface area (Å²) < 4.78 is 0. The Morgan fingerprint density at radius 1 is 0.941 bits per heavy atom. The van der Waals surface area contributed by atoms with Gasteiger partial charge in [-0.3, -0.25) is 0 Å². The molecule has 0 saturated carbocycles. The first-order valence-corrected chi connectivity index (χ1v) is 6.24. The van der Waals surface area contributed by atoms with Crippen molar-refractivity contribution in [3.05, 3.63) is 65.2 Å². The molecule has 0 bridgehead atoms. The topological polar surface area (TPSA) is 12.0 Å². The summed E-state index contributed by atoms with van der Waals surface area (Å²) in [6.07, 6.45) is 1.11. The van der Waals surface area contributed by atoms with Gasteiger partial charge >= 0.3 is 0 Å². The van der Waals surface area contributed by atoms with Gasteiger partial charge in [0.1, 0.15) is 0 Å². The average molecular weight is 223 g/mol. The summed E-state index contributed by atoms with van der Waals surface area (Å²) in [5.41, 5.74) is 5.62. The molecule has 1 nitrogen and oxygen atoms in total. The van der Waals surface area contributed by atoms with E-state index in [2.05, 4.69) is 60.8 Å². The Kier molecular flexibility index (Phi) is 2.60. The fourth-order valence-electron chi connectivity index (χ4n) is 2.68. The van der Waals surface area contributed by atoms with E-state index in [9.17, 15) is 0 Å². The minimum Gasteiger partial charge on any atom is -0.381 e. The van der Waals surface area contributed by atoms with Crippen LogP contribution in [0.15, 0.2) is 48.5 Å². The van der Waals surface area contributed by atoms with Crippen molar-refractivity contribution in [3.63, 3.8) is 0 Å². The molecule has 2 aromatic carbocycles. The molecule has 2 aromatic rings. The largest absolute Gasteiger partial charge is 0.381 e. The summed E-state index contributed by atoms with van der Waals surface area (Å²) in [7, 11) is 0. The van der Waals surface area contributed by atoms with Gasteiger partial charge in [0.05, 0.1) is 0 Å². The highest BCUT2D eigenvalue weighted by Gasteiger charge is 2.15. The van der Waals surface area contributed by atoms with E-state index in [0.717, 1.165) is 13.0 Å². The number of rotatable bonds is 0. The van der Waals surface area contributed by atoms with Gasteiger partial charge in [0.2, 0.25) is 0 Å². The molecule has 3 rings (SSSR count). The maximum absolute atomic E-state index is 3.54. The van der Waals surface area contributed by atoms with Crippen LogP contribution in [0, 0.1) is 0 Å². The molecule has 0 radical (unpaired) electrons. The third kappa shape index (κ3) is 1.93. The summed E-state index contributed by atoms with van der Waals surface area (Å²) >= 11 is 0. The highest BCUT2D eigenvalue weighted by atomic mass is 14.9. The maximum Gasteiger partial charge on any atom is 0.0403 e. The number of hydrogen-bond donors (Lipinski definition) is 1. The van der Waals surface area contributed by atoms with Crippen LogP contribution in [0.5, 0.6) is 0 Å². The van der Waals surface area contributed by atoms with Gasteiger partial charge in [-0.1, -0.05) is 49.4 Å². The zero-order valence-corrected chi connectivity index (χ0v) is 10.1. The summed E-state index contributed by atoms with van der Waals surface area (Å²) in [4.78, 5) is 0. The fourth-order valence-corrected chi connectivity index (χ4v) is 2.68. The van der Waals surface area contributed by atoms with E-state index in [1.165, 1.54) is 22.4 Å². The van der Waals surface area contributed by atoms with Gasteiger partial charge in [-0.25, -0.2) is 0 Å². The average Bonchev–Trinajstić information content (AvgIpc) is 2.36. The van der Waals surface area contributed by atoms with Crippen molar-refractivity contribution in [2.24, 2.45) is 0 Å². The molecule has 1 heteroatoms. The third-order valence-corrected chi connectivity index (χ3v) is 3.60. The summed E-state index contributed by atoms with van der Waals surface area (Å²) in [5.74, 6) is 0.592. The van der Waals surface area contributed by atoms with E-state index in [4.69, 9.17) is 0 Å². The second kappa shape index (κ2) is 4.25. The zero-order valence-electron chi connectivity index (χ0n) is 10.1. The number of fused-ring (bicyclic) bond motifs is 2. The van der Waals surface area contributed by atoms with Crippen molar-refractivity contribution >= 4 is 5.69 Å². The second-order valence-electron chi connectivity index (χ2n) is 4.81. The smallest absolute Gasteiger partial charge is 0.0403 e. The SMILES string of the molecule is C[C@@H]1Cc2ccccc2NCc2ccccc21. The first-order valence-electron chi connectivity index (χ1n) is 6.24. The van der Waals surface area contributed by atoms with Crippen LogP contribution in [0.2, 0.25) is 0 Å². The molecule has 0 unspecified atom stereocenters. The predicted octanol–water partition coefficient (Wildman–Crippen LogP) is 3.96. The highest BCUT2D eigenvalue weighted by molar-refractivity contribution is 5.53. The number of nitrogens with one attached hydrogen (secondary N) is 1. The lowest BCUT2D eigenvalue weighted by molar-refractivity contribution is 0.740. The van der Waals surface area contributed by atoms with Crippen molar-refractivity contribution < 1.29 is 0 Å². The predicted molar refractivity (Wildman–Crippen MR) is 72.3 cm³/mol. The van der Waals surface area contributed by atoms with Crippen molar-refractivity contribution in [3.8, 4) is 0 Å². The van der Waals surface area contributed by atoms with Crippen LogP contribution >= 0.6 is 0 Å². The second-order valence-corrected chi connectivity index (χ2v) is 4.81. The van der Waals surface area contributed by atoms with Gasteiger partial charge in [-0.05, 0) is 35.1 Å². The number of hydrogen-bond acceptors (Lipinski definition) is 1. The van der Waals surface area contributed by atoms with Crippen LogP contribution in [-0.2, 0) is 13.0 Å². The normalized spacial score (nSPS) is 18.3. The van der Waals surface area contributed by atoms with Crippen LogP contribution in [0.1, 0.15) is 29.5 Å². The quantitative estimate of drug-likeness (QED) is 0.713. The molecule has 1 N–H and O–H groups in total. The van der Waals surface area contributed by atoms with Crippen LogP contribution in [0.3, 0.4) is 0 Å². The van der Waals surface area contributed by atoms with Crippen molar-refractivity contribution in [2.75, 3.05) is 5.32 Å². The molecule has 0 spiro atoms. The lowest BCUT2D eigenvalue weighted by Crippen LogP contribution is -2.12. The third-order valence-electron chi connectivity index (χ3n) is 3.60. The lowest BCUT2D eigenvalue weighted by Gasteiger charge is -2.23. The van der Waals surface area contributed by atoms with Gasteiger partial charge in [0, 0.05) is 12.2 Å². The Hall–Kier alpha value is -1.76. The lowest BCUT2D eigenvalue weighted by atomic mass is 9.88. The Balaban J connectivity index is 2.03. The molecule has 1 aliphatic heterocycles. The van der Waals surface area contributed by atoms with Crippen LogP contribution < -0.4 is 5.32 Å². The number of benzene rings is 2. The minimum atomic E-state index is 0.592. The summed E-state index contributed by atoms with van der Waals surface area (Å²) in [6, 6.07) is 17.4. The van der Waals surface area contributed by atoms with Gasteiger partial charge in [-0.15, -0.1) is 0 Å². The van der Waals surface area contributed by atoms with Gasteiger partial charge in [-0.2, -0.15) is 0 Å². The standard InChI is InChI=1S/C16H17N/c1-12-10-13-6-3-5-9-16(13)17-11-14-7-2-4-8-15(12)14/h2-9,12,17H,10-11H2,1H3/t12-/m1/s1. The monoisotopic (exact) mass is 223 g/mol. The van der Waals surface area contributed by atoms with Gasteiger partial charge < -0.3 is 5.32 Å². The van der Waals surface area contributed by atoms with Crippen LogP contribution in [-0.4, -0.2) is 0 Å². The Bertz CT molecular complexity index is 531. The summed E-state index contributed by atoms with van der Waals surface area (Å²) in [5, 5.41) is 3.54. The van der Waals surface area contributed by atoms with E-state index >= 15 is 0 Å². The minimum absolute atomic E-state index is 0.592. The molecule has 1 aliphatic rings. The Morgan fingerprint density at radius 2 is 1.65 bits per heavy atom. The molecule has 86 valence electrons. The Morgan fingerprint density at radius 3 is 2.53 bits per heavy atom. The zero-order chi connectivity index (χ0) is 11.7. The maximum atomic E-state index is 3.54. The van der Waals surface area contributed by atoms with Gasteiger partial charge in [0.25, 0.3) is 0 Å². The van der Waals surface area contributed by atoms with Crippen LogP contribution in [0.25, 0.3) is 0 Å². The van der Waals surface area contributed by atoms with E-state index in [-0.39, 0.29) is 0 Å². The van der Waals surface area contributed by atoms with Gasteiger partial charge in [0.15, 0.2) is 0 Å². The Labute approximate surface area is 102 Å². The number of anilines is 1.